The van der Waals surface area contributed by atoms with E-state index in [0.29, 0.717) is 29.2 Å². The average molecular weight is 389 g/mol. The first kappa shape index (κ1) is 18.5. The van der Waals surface area contributed by atoms with Gasteiger partial charge in [-0.2, -0.15) is 9.78 Å². The summed E-state index contributed by atoms with van der Waals surface area (Å²) < 4.78 is 13.2. The number of methoxy groups -OCH3 is 2. The molecule has 0 bridgehead atoms. The van der Waals surface area contributed by atoms with Crippen LogP contribution in [0.3, 0.4) is 0 Å². The molecule has 0 amide bonds. The summed E-state index contributed by atoms with van der Waals surface area (Å²) in [5.74, 6) is 0.130. The fraction of sp³-hybridized carbons (Fsp3) is 0.136. The smallest absolute Gasteiger partial charge is 0.341 e. The van der Waals surface area contributed by atoms with Crippen molar-refractivity contribution >= 4 is 5.97 Å². The van der Waals surface area contributed by atoms with Crippen molar-refractivity contribution in [2.45, 2.75) is 6.54 Å². The van der Waals surface area contributed by atoms with Gasteiger partial charge in [-0.25, -0.2) is 4.79 Å². The number of nitrogens with zero attached hydrogens (tertiary/aromatic N) is 3. The molecule has 0 aromatic heterocycles. The fourth-order valence-corrected chi connectivity index (χ4v) is 3.20. The number of carbonyl (C=O) groups is 1. The quantitative estimate of drug-likeness (QED) is 0.491. The molecule has 29 heavy (non-hydrogen) atoms. The van der Waals surface area contributed by atoms with Crippen molar-refractivity contribution in [1.29, 1.82) is 0 Å². The topological polar surface area (TPSA) is 75.3 Å². The summed E-state index contributed by atoms with van der Waals surface area (Å²) in [5, 5.41) is 4.40. The largest absolute Gasteiger partial charge is 0.497 e. The van der Waals surface area contributed by atoms with Crippen LogP contribution in [0.1, 0.15) is 15.9 Å². The van der Waals surface area contributed by atoms with Gasteiger partial charge in [-0.1, -0.05) is 30.3 Å². The van der Waals surface area contributed by atoms with E-state index in [0.717, 1.165) is 5.56 Å². The van der Waals surface area contributed by atoms with Gasteiger partial charge in [0.15, 0.2) is 0 Å². The van der Waals surface area contributed by atoms with Crippen molar-refractivity contribution in [3.63, 3.8) is 0 Å². The van der Waals surface area contributed by atoms with Gasteiger partial charge in [0.05, 0.1) is 25.5 Å². The highest BCUT2D eigenvalue weighted by Gasteiger charge is 2.25. The standard InChI is InChI=1S/C22H19N3O4/c1-28-17-10-8-16(9-11-17)25-21(26)18-13-24(12-15-6-4-3-5-7-15)14-19(20(18)23-25)22(27)29-2/h3-11,13-14H,12H2,1-2H3. The highest BCUT2D eigenvalue weighted by Crippen LogP contribution is 2.24. The Kier molecular flexibility index (Phi) is 4.87. The van der Waals surface area contributed by atoms with E-state index in [1.165, 1.54) is 11.8 Å². The van der Waals surface area contributed by atoms with E-state index in [2.05, 4.69) is 5.10 Å². The predicted molar refractivity (Wildman–Crippen MR) is 108 cm³/mol. The zero-order chi connectivity index (χ0) is 20.4. The molecule has 0 atom stereocenters. The summed E-state index contributed by atoms with van der Waals surface area (Å²) in [4.78, 5) is 25.4. The highest BCUT2D eigenvalue weighted by atomic mass is 16.5. The van der Waals surface area contributed by atoms with E-state index in [1.54, 1.807) is 48.3 Å². The van der Waals surface area contributed by atoms with Crippen molar-refractivity contribution in [2.24, 2.45) is 0 Å². The van der Waals surface area contributed by atoms with E-state index < -0.39 is 5.97 Å². The summed E-state index contributed by atoms with van der Waals surface area (Å²) in [6.07, 6.45) is 3.37. The van der Waals surface area contributed by atoms with Crippen LogP contribution in [-0.2, 0) is 11.3 Å². The number of rotatable bonds is 5. The zero-order valence-corrected chi connectivity index (χ0v) is 16.0. The Morgan fingerprint density at radius 3 is 2.38 bits per heavy atom. The van der Waals surface area contributed by atoms with Gasteiger partial charge < -0.3 is 14.0 Å². The molecule has 0 radical (unpaired) electrons. The third-order valence-corrected chi connectivity index (χ3v) is 4.65. The van der Waals surface area contributed by atoms with E-state index in [9.17, 15) is 9.59 Å². The molecule has 0 saturated carbocycles. The zero-order valence-electron chi connectivity index (χ0n) is 16.0. The maximum absolute atomic E-state index is 13.1. The number of hydrogen-bond donors (Lipinski definition) is 0. The second-order valence-corrected chi connectivity index (χ2v) is 6.50. The number of ether oxygens (including phenoxy) is 2. The maximum Gasteiger partial charge on any atom is 0.341 e. The molecule has 0 aliphatic carbocycles. The number of fused-ring (bicyclic) bond motifs is 1. The molecular weight excluding hydrogens is 370 g/mol. The molecule has 0 saturated heterocycles. The Morgan fingerprint density at radius 2 is 1.72 bits per heavy atom. The first-order valence-electron chi connectivity index (χ1n) is 9.00. The average Bonchev–Trinajstić information content (AvgIpc) is 3.10. The molecule has 2 aromatic rings. The fourth-order valence-electron chi connectivity index (χ4n) is 3.20. The number of pyridine rings is 1. The van der Waals surface area contributed by atoms with Crippen molar-refractivity contribution in [3.8, 4) is 22.7 Å². The van der Waals surface area contributed by atoms with Gasteiger partial charge in [-0.05, 0) is 29.8 Å². The second-order valence-electron chi connectivity index (χ2n) is 6.50. The molecule has 7 nitrogen and oxygen atoms in total. The number of aromatic nitrogens is 3. The Hall–Kier alpha value is -3.87. The van der Waals surface area contributed by atoms with Crippen molar-refractivity contribution < 1.29 is 14.3 Å². The molecule has 2 heterocycles. The molecule has 7 heteroatoms. The molecule has 0 spiro atoms. The van der Waals surface area contributed by atoms with Crippen LogP contribution in [0.4, 0.5) is 0 Å². The molecule has 146 valence electrons. The third-order valence-electron chi connectivity index (χ3n) is 4.65. The van der Waals surface area contributed by atoms with Crippen LogP contribution in [0.15, 0.2) is 71.8 Å². The Morgan fingerprint density at radius 1 is 1.00 bits per heavy atom. The third kappa shape index (κ3) is 3.50. The number of carbonyl (C=O) groups excluding carboxylic acids is 1. The van der Waals surface area contributed by atoms with Gasteiger partial charge in [-0.3, -0.25) is 4.79 Å². The molecule has 2 aliphatic heterocycles. The van der Waals surface area contributed by atoms with Crippen LogP contribution < -0.4 is 10.3 Å². The molecular formula is C22H19N3O4. The lowest BCUT2D eigenvalue weighted by molar-refractivity contribution is 0.0600. The lowest BCUT2D eigenvalue weighted by Gasteiger charge is -2.11. The molecule has 0 fully saturated rings. The van der Waals surface area contributed by atoms with Crippen LogP contribution in [-0.4, -0.2) is 34.5 Å². The van der Waals surface area contributed by atoms with Gasteiger partial charge in [0, 0.05) is 18.9 Å². The number of benzene rings is 2. The van der Waals surface area contributed by atoms with Crippen LogP contribution in [0.5, 0.6) is 5.75 Å². The molecule has 2 aromatic carbocycles. The Labute approximate surface area is 167 Å². The number of hydrogen-bond acceptors (Lipinski definition) is 5. The lowest BCUT2D eigenvalue weighted by Crippen LogP contribution is -2.15. The predicted octanol–water partition coefficient (Wildman–Crippen LogP) is 2.98. The first-order valence-corrected chi connectivity index (χ1v) is 9.00. The van der Waals surface area contributed by atoms with Crippen LogP contribution >= 0.6 is 0 Å². The van der Waals surface area contributed by atoms with Gasteiger partial charge in [-0.15, -0.1) is 0 Å². The monoisotopic (exact) mass is 389 g/mol. The normalized spacial score (nSPS) is 10.8. The summed E-state index contributed by atoms with van der Waals surface area (Å²) in [6.45, 7) is 0.508. The van der Waals surface area contributed by atoms with Crippen molar-refractivity contribution in [2.75, 3.05) is 14.2 Å². The molecule has 0 unspecified atom stereocenters. The minimum atomic E-state index is -0.545. The van der Waals surface area contributed by atoms with Gasteiger partial charge in [0.2, 0.25) is 0 Å². The molecule has 2 aliphatic rings. The molecule has 0 N–H and O–H groups in total. The van der Waals surface area contributed by atoms with Crippen LogP contribution in [0.25, 0.3) is 16.9 Å². The van der Waals surface area contributed by atoms with E-state index in [4.69, 9.17) is 9.47 Å². The maximum atomic E-state index is 13.1. The number of esters is 1. The van der Waals surface area contributed by atoms with Gasteiger partial charge >= 0.3 is 5.97 Å². The van der Waals surface area contributed by atoms with E-state index in [1.807, 2.05) is 30.3 Å². The lowest BCUT2D eigenvalue weighted by atomic mass is 10.1. The summed E-state index contributed by atoms with van der Waals surface area (Å²) >= 11 is 0. The van der Waals surface area contributed by atoms with E-state index in [-0.39, 0.29) is 11.1 Å². The molecule has 4 rings (SSSR count). The summed E-state index contributed by atoms with van der Waals surface area (Å²) in [7, 11) is 2.88. The second kappa shape index (κ2) is 7.63. The first-order chi connectivity index (χ1) is 14.1. The Balaban J connectivity index is 1.86. The summed E-state index contributed by atoms with van der Waals surface area (Å²) in [6, 6.07) is 16.8. The highest BCUT2D eigenvalue weighted by molar-refractivity contribution is 5.96. The minimum Gasteiger partial charge on any atom is -0.497 e. The summed E-state index contributed by atoms with van der Waals surface area (Å²) in [5.41, 5.74) is 2.21. The van der Waals surface area contributed by atoms with E-state index >= 15 is 0 Å². The van der Waals surface area contributed by atoms with Crippen LogP contribution in [0, 0.1) is 0 Å². The Bertz CT molecular complexity index is 1180. The van der Waals surface area contributed by atoms with Crippen molar-refractivity contribution in [3.05, 3.63) is 88.5 Å². The van der Waals surface area contributed by atoms with Crippen molar-refractivity contribution in [1.82, 2.24) is 14.3 Å². The SMILES string of the molecule is COC(=O)c1cn(Cc2ccccc2)cc2c(=O)n(-c3ccc(OC)cc3)nc1-2. The van der Waals surface area contributed by atoms with Gasteiger partial charge in [0.25, 0.3) is 5.56 Å². The van der Waals surface area contributed by atoms with Gasteiger partial charge in [0.1, 0.15) is 17.0 Å². The van der Waals surface area contributed by atoms with Crippen LogP contribution in [0.2, 0.25) is 0 Å². The minimum absolute atomic E-state index is 0.241.